The molecule has 0 bridgehead atoms. The van der Waals surface area contributed by atoms with Gasteiger partial charge in [-0.3, -0.25) is 9.89 Å². The van der Waals surface area contributed by atoms with Crippen LogP contribution >= 0.6 is 0 Å². The molecule has 0 radical (unpaired) electrons. The minimum atomic E-state index is -0.0411. The quantitative estimate of drug-likeness (QED) is 0.368. The predicted molar refractivity (Wildman–Crippen MR) is 106 cm³/mol. The molecule has 2 aromatic carbocycles. The number of ketones is 1. The van der Waals surface area contributed by atoms with Crippen molar-refractivity contribution in [2.45, 2.75) is 6.92 Å². The van der Waals surface area contributed by atoms with E-state index in [0.29, 0.717) is 28.4 Å². The van der Waals surface area contributed by atoms with Crippen LogP contribution in [0.2, 0.25) is 0 Å². The van der Waals surface area contributed by atoms with Gasteiger partial charge in [-0.1, -0.05) is 36.4 Å². The Bertz CT molecular complexity index is 1380. The Hall–Kier alpha value is -4.27. The van der Waals surface area contributed by atoms with E-state index in [1.165, 1.54) is 19.4 Å². The van der Waals surface area contributed by atoms with Gasteiger partial charge in [-0.2, -0.15) is 5.10 Å². The lowest BCUT2D eigenvalue weighted by Gasteiger charge is -2.05. The second-order valence-electron chi connectivity index (χ2n) is 6.36. The highest BCUT2D eigenvalue weighted by atomic mass is 16.1. The lowest BCUT2D eigenvalue weighted by atomic mass is 10.0. The summed E-state index contributed by atoms with van der Waals surface area (Å²) in [6.07, 6.45) is 2.72. The molecule has 140 valence electrons. The van der Waals surface area contributed by atoms with E-state index >= 15 is 0 Å². The minimum absolute atomic E-state index is 0.0411. The van der Waals surface area contributed by atoms with Crippen molar-refractivity contribution in [2.24, 2.45) is 10.2 Å². The summed E-state index contributed by atoms with van der Waals surface area (Å²) < 4.78 is 1.84. The number of hydrogen-bond acceptors (Lipinski definition) is 7. The van der Waals surface area contributed by atoms with Gasteiger partial charge >= 0.3 is 0 Å². The molecular weight excluding hydrogens is 368 g/mol. The summed E-state index contributed by atoms with van der Waals surface area (Å²) in [5.74, 6) is 0.279. The number of nitrogens with one attached hydrogen (secondary N) is 1. The number of H-pyrrole nitrogens is 1. The third-order valence-electron chi connectivity index (χ3n) is 4.54. The fourth-order valence-corrected chi connectivity index (χ4v) is 3.25. The molecule has 0 aliphatic heterocycles. The van der Waals surface area contributed by atoms with Gasteiger partial charge in [0.1, 0.15) is 6.33 Å². The second-order valence-corrected chi connectivity index (χ2v) is 6.36. The molecule has 0 fully saturated rings. The van der Waals surface area contributed by atoms with Crippen molar-refractivity contribution in [2.75, 3.05) is 0 Å². The maximum atomic E-state index is 12.2. The molecule has 5 rings (SSSR count). The molecule has 9 heteroatoms. The zero-order chi connectivity index (χ0) is 19.8. The van der Waals surface area contributed by atoms with Gasteiger partial charge in [0.05, 0.1) is 22.9 Å². The molecule has 0 unspecified atom stereocenters. The van der Waals surface area contributed by atoms with Crippen LogP contribution in [0.4, 0.5) is 11.5 Å². The normalized spacial score (nSPS) is 11.6. The van der Waals surface area contributed by atoms with Crippen molar-refractivity contribution in [3.63, 3.8) is 0 Å². The fraction of sp³-hybridized carbons (Fsp3) is 0.0500. The van der Waals surface area contributed by atoms with Gasteiger partial charge < -0.3 is 0 Å². The number of hydrogen-bond donors (Lipinski definition) is 1. The zero-order valence-electron chi connectivity index (χ0n) is 15.3. The average molecular weight is 382 g/mol. The van der Waals surface area contributed by atoms with Gasteiger partial charge in [0.15, 0.2) is 22.9 Å². The highest BCUT2D eigenvalue weighted by molar-refractivity contribution is 6.03. The number of rotatable bonds is 4. The van der Waals surface area contributed by atoms with Crippen molar-refractivity contribution in [1.29, 1.82) is 0 Å². The Morgan fingerprint density at radius 2 is 1.86 bits per heavy atom. The molecule has 0 aliphatic rings. The summed E-state index contributed by atoms with van der Waals surface area (Å²) in [6, 6.07) is 15.1. The maximum Gasteiger partial charge on any atom is 0.196 e. The first kappa shape index (κ1) is 16.9. The smallest absolute Gasteiger partial charge is 0.196 e. The number of Topliss-reactive ketones (excluding diaryl/α,β-unsaturated/α-hetero) is 1. The third kappa shape index (κ3) is 2.85. The molecule has 9 nitrogen and oxygen atoms in total. The topological polar surface area (TPSA) is 114 Å². The molecule has 0 saturated carbocycles. The van der Waals surface area contributed by atoms with Crippen molar-refractivity contribution in [3.8, 4) is 11.3 Å². The first-order valence-corrected chi connectivity index (χ1v) is 8.86. The molecule has 0 amide bonds. The molecule has 0 aliphatic carbocycles. The van der Waals surface area contributed by atoms with Crippen molar-refractivity contribution in [1.82, 2.24) is 29.8 Å². The lowest BCUT2D eigenvalue weighted by Crippen LogP contribution is -1.96. The van der Waals surface area contributed by atoms with Crippen LogP contribution < -0.4 is 0 Å². The Balaban J connectivity index is 1.79. The summed E-state index contributed by atoms with van der Waals surface area (Å²) in [4.78, 5) is 20.9. The van der Waals surface area contributed by atoms with E-state index in [9.17, 15) is 4.79 Å². The highest BCUT2D eigenvalue weighted by Gasteiger charge is 2.20. The number of azo groups is 1. The molecule has 0 atom stereocenters. The zero-order valence-corrected chi connectivity index (χ0v) is 15.3. The molecule has 29 heavy (non-hydrogen) atoms. The number of carbonyl (C=O) groups is 1. The van der Waals surface area contributed by atoms with Crippen LogP contribution in [-0.4, -0.2) is 35.6 Å². The molecule has 0 saturated heterocycles. The number of aromatic nitrogens is 6. The molecule has 0 spiro atoms. The monoisotopic (exact) mass is 382 g/mol. The van der Waals surface area contributed by atoms with Crippen molar-refractivity contribution in [3.05, 3.63) is 66.6 Å². The van der Waals surface area contributed by atoms with Gasteiger partial charge in [0, 0.05) is 11.1 Å². The number of carbonyl (C=O) groups excluding carboxylic acids is 1. The van der Waals surface area contributed by atoms with Crippen LogP contribution in [0, 0.1) is 0 Å². The molecule has 3 aromatic heterocycles. The van der Waals surface area contributed by atoms with Crippen LogP contribution in [-0.2, 0) is 0 Å². The Labute approximate surface area is 164 Å². The largest absolute Gasteiger partial charge is 0.294 e. The SMILES string of the molecule is CC(=O)c1ccccc1-c1[nH]n2c(nc3ccccc32)c1N=Nc1cnncn1. The fourth-order valence-electron chi connectivity index (χ4n) is 3.25. The van der Waals surface area contributed by atoms with Gasteiger partial charge in [-0.15, -0.1) is 15.3 Å². The second kappa shape index (κ2) is 6.71. The van der Waals surface area contributed by atoms with Gasteiger partial charge in [-0.25, -0.2) is 14.5 Å². The van der Waals surface area contributed by atoms with Crippen LogP contribution in [0.25, 0.3) is 27.9 Å². The summed E-state index contributed by atoms with van der Waals surface area (Å²) in [5.41, 5.74) is 4.79. The van der Waals surface area contributed by atoms with Crippen molar-refractivity contribution >= 4 is 34.0 Å². The number of imidazole rings is 1. The highest BCUT2D eigenvalue weighted by Crippen LogP contribution is 2.37. The van der Waals surface area contributed by atoms with E-state index in [1.807, 2.05) is 47.0 Å². The van der Waals surface area contributed by atoms with Gasteiger partial charge in [0.25, 0.3) is 0 Å². The average Bonchev–Trinajstić information content (AvgIpc) is 3.29. The number of fused-ring (bicyclic) bond motifs is 3. The van der Waals surface area contributed by atoms with Crippen LogP contribution in [0.15, 0.2) is 71.3 Å². The molecule has 5 aromatic rings. The Kier molecular flexibility index (Phi) is 3.91. The number of aromatic amines is 1. The predicted octanol–water partition coefficient (Wildman–Crippen LogP) is 4.29. The van der Waals surface area contributed by atoms with E-state index in [1.54, 1.807) is 6.07 Å². The summed E-state index contributed by atoms with van der Waals surface area (Å²) in [5, 5.41) is 19.3. The van der Waals surface area contributed by atoms with Gasteiger partial charge in [-0.05, 0) is 19.1 Å². The Morgan fingerprint density at radius 1 is 1.03 bits per heavy atom. The number of para-hydroxylation sites is 2. The summed E-state index contributed by atoms with van der Waals surface area (Å²) in [6.45, 7) is 1.54. The van der Waals surface area contributed by atoms with E-state index in [2.05, 4.69) is 30.5 Å². The van der Waals surface area contributed by atoms with Crippen molar-refractivity contribution < 1.29 is 4.79 Å². The number of benzene rings is 2. The standard InChI is InChI=1S/C20H14N8O/c1-12(29)13-6-2-3-7-14(13)18-19(26-25-17-10-22-23-11-21-17)20-24-15-8-4-5-9-16(15)28(20)27-18/h2-11,27H,1H3. The number of nitrogens with zero attached hydrogens (tertiary/aromatic N) is 7. The van der Waals surface area contributed by atoms with E-state index in [4.69, 9.17) is 4.98 Å². The van der Waals surface area contributed by atoms with Crippen LogP contribution in [0.5, 0.6) is 0 Å². The lowest BCUT2D eigenvalue weighted by molar-refractivity contribution is 0.101. The summed E-state index contributed by atoms with van der Waals surface area (Å²) in [7, 11) is 0. The molecule has 1 N–H and O–H groups in total. The molecular formula is C20H14N8O. The molecule has 3 heterocycles. The first-order chi connectivity index (χ1) is 14.2. The van der Waals surface area contributed by atoms with E-state index < -0.39 is 0 Å². The van der Waals surface area contributed by atoms with E-state index in [0.717, 1.165) is 16.6 Å². The van der Waals surface area contributed by atoms with Crippen LogP contribution in [0.3, 0.4) is 0 Å². The Morgan fingerprint density at radius 3 is 2.69 bits per heavy atom. The maximum absolute atomic E-state index is 12.2. The summed E-state index contributed by atoms with van der Waals surface area (Å²) >= 11 is 0. The van der Waals surface area contributed by atoms with Gasteiger partial charge in [0.2, 0.25) is 0 Å². The third-order valence-corrected chi connectivity index (χ3v) is 4.54. The van der Waals surface area contributed by atoms with Crippen LogP contribution in [0.1, 0.15) is 17.3 Å². The van der Waals surface area contributed by atoms with E-state index in [-0.39, 0.29) is 5.78 Å². The first-order valence-electron chi connectivity index (χ1n) is 8.86. The minimum Gasteiger partial charge on any atom is -0.294 e.